The Morgan fingerprint density at radius 1 is 1.44 bits per heavy atom. The largest absolute Gasteiger partial charge is 0.361 e. The van der Waals surface area contributed by atoms with Crippen LogP contribution >= 0.6 is 12.2 Å². The zero-order valence-electron chi connectivity index (χ0n) is 8.87. The van der Waals surface area contributed by atoms with Gasteiger partial charge in [-0.3, -0.25) is 0 Å². The topological polar surface area (TPSA) is 53.8 Å². The average Bonchev–Trinajstić information content (AvgIpc) is 2.73. The molecule has 1 aromatic heterocycles. The molecule has 2 aromatic rings. The zero-order chi connectivity index (χ0) is 11.4. The number of thiocarbonyl (C=S) groups is 1. The first kappa shape index (κ1) is 10.6. The third-order valence-corrected chi connectivity index (χ3v) is 2.57. The van der Waals surface area contributed by atoms with Gasteiger partial charge in [0.05, 0.1) is 5.56 Å². The molecule has 0 bridgehead atoms. The molecule has 1 heterocycles. The minimum absolute atomic E-state index is 0.552. The summed E-state index contributed by atoms with van der Waals surface area (Å²) in [5.41, 5.74) is 5.04. The van der Waals surface area contributed by atoms with Gasteiger partial charge < -0.3 is 10.3 Å². The van der Waals surface area contributed by atoms with Crippen molar-refractivity contribution >= 4 is 34.4 Å². The number of hydrazone groups is 1. The highest BCUT2D eigenvalue weighted by atomic mass is 32.1. The molecule has 4 N–H and O–H groups in total. The van der Waals surface area contributed by atoms with E-state index in [4.69, 9.17) is 12.2 Å². The molecule has 1 aromatic carbocycles. The molecular formula is C11H13N4S+. The average molecular weight is 233 g/mol. The van der Waals surface area contributed by atoms with E-state index in [0.29, 0.717) is 5.11 Å². The predicted molar refractivity (Wildman–Crippen MR) is 69.2 cm³/mol. The first-order valence-corrected chi connectivity index (χ1v) is 5.34. The van der Waals surface area contributed by atoms with Gasteiger partial charge in [-0.1, -0.05) is 18.2 Å². The number of aromatic amines is 1. The maximum absolute atomic E-state index is 4.93. The van der Waals surface area contributed by atoms with Crippen molar-refractivity contribution in [2.24, 2.45) is 0 Å². The van der Waals surface area contributed by atoms with Crippen molar-refractivity contribution in [3.8, 4) is 0 Å². The van der Waals surface area contributed by atoms with Crippen LogP contribution in [-0.2, 0) is 0 Å². The molecule has 2 rings (SSSR count). The minimum Gasteiger partial charge on any atom is -0.361 e. The van der Waals surface area contributed by atoms with Gasteiger partial charge in [-0.15, -0.1) is 10.5 Å². The Bertz CT molecular complexity index is 530. The minimum atomic E-state index is 0.552. The second-order valence-corrected chi connectivity index (χ2v) is 3.69. The van der Waals surface area contributed by atoms with Gasteiger partial charge in [0.1, 0.15) is 0 Å². The predicted octanol–water partition coefficient (Wildman–Crippen LogP) is -0.324. The Morgan fingerprint density at radius 2 is 2.25 bits per heavy atom. The van der Waals surface area contributed by atoms with Gasteiger partial charge in [-0.2, -0.15) is 0 Å². The number of para-hydroxylation sites is 1. The van der Waals surface area contributed by atoms with E-state index in [1.165, 1.54) is 5.39 Å². The van der Waals surface area contributed by atoms with E-state index >= 15 is 0 Å². The normalized spacial score (nSPS) is 10.8. The van der Waals surface area contributed by atoms with Gasteiger partial charge in [0, 0.05) is 24.1 Å². The van der Waals surface area contributed by atoms with Crippen LogP contribution in [0.2, 0.25) is 0 Å². The number of rotatable bonds is 2. The summed E-state index contributed by atoms with van der Waals surface area (Å²) < 4.78 is 0. The number of hydrogen-bond acceptors (Lipinski definition) is 1. The molecule has 0 aliphatic rings. The Balaban J connectivity index is 2.18. The van der Waals surface area contributed by atoms with Gasteiger partial charge in [0.15, 0.2) is 0 Å². The van der Waals surface area contributed by atoms with Crippen molar-refractivity contribution < 1.29 is 5.10 Å². The summed E-state index contributed by atoms with van der Waals surface area (Å²) in [4.78, 5) is 3.19. The third kappa shape index (κ3) is 2.20. The fourth-order valence-corrected chi connectivity index (χ4v) is 1.51. The fourth-order valence-electron chi connectivity index (χ4n) is 1.46. The van der Waals surface area contributed by atoms with Crippen molar-refractivity contribution in [1.82, 2.24) is 15.7 Å². The number of hydrazine groups is 1. The van der Waals surface area contributed by atoms with Crippen molar-refractivity contribution in [3.63, 3.8) is 0 Å². The molecule has 0 aliphatic carbocycles. The fraction of sp³-hybridized carbons (Fsp3) is 0.0909. The molecule has 0 unspecified atom stereocenters. The monoisotopic (exact) mass is 233 g/mol. The van der Waals surface area contributed by atoms with Gasteiger partial charge in [0.2, 0.25) is 11.3 Å². The second-order valence-electron chi connectivity index (χ2n) is 3.28. The van der Waals surface area contributed by atoms with Crippen LogP contribution in [0.5, 0.6) is 0 Å². The summed E-state index contributed by atoms with van der Waals surface area (Å²) in [5.74, 6) is 0. The van der Waals surface area contributed by atoms with Gasteiger partial charge in [-0.25, -0.2) is 0 Å². The van der Waals surface area contributed by atoms with E-state index in [1.807, 2.05) is 30.6 Å². The maximum Gasteiger partial charge on any atom is 0.223 e. The quantitative estimate of drug-likeness (QED) is 0.327. The van der Waals surface area contributed by atoms with Crippen molar-refractivity contribution in [2.75, 3.05) is 7.05 Å². The number of nitrogens with one attached hydrogen (secondary N) is 4. The molecular weight excluding hydrogens is 220 g/mol. The molecule has 0 saturated heterocycles. The highest BCUT2D eigenvalue weighted by Crippen LogP contribution is 2.14. The highest BCUT2D eigenvalue weighted by molar-refractivity contribution is 7.80. The molecule has 0 atom stereocenters. The van der Waals surface area contributed by atoms with E-state index in [0.717, 1.165) is 11.1 Å². The Hall–Kier alpha value is -1.88. The van der Waals surface area contributed by atoms with E-state index in [1.54, 1.807) is 7.05 Å². The third-order valence-electron chi connectivity index (χ3n) is 2.26. The number of benzene rings is 1. The molecule has 0 saturated carbocycles. The molecule has 0 aliphatic heterocycles. The van der Waals surface area contributed by atoms with E-state index in [2.05, 4.69) is 26.9 Å². The van der Waals surface area contributed by atoms with Crippen LogP contribution in [0.4, 0.5) is 0 Å². The summed E-state index contributed by atoms with van der Waals surface area (Å²) in [7, 11) is 1.77. The summed E-state index contributed by atoms with van der Waals surface area (Å²) in [5, 5.41) is 7.47. The van der Waals surface area contributed by atoms with E-state index in [-0.39, 0.29) is 0 Å². The molecule has 82 valence electrons. The van der Waals surface area contributed by atoms with Gasteiger partial charge in [-0.05, 0) is 18.3 Å². The van der Waals surface area contributed by atoms with E-state index < -0.39 is 0 Å². The lowest BCUT2D eigenvalue weighted by Crippen LogP contribution is -2.82. The van der Waals surface area contributed by atoms with Crippen LogP contribution in [0, 0.1) is 0 Å². The highest BCUT2D eigenvalue weighted by Gasteiger charge is 2.02. The van der Waals surface area contributed by atoms with Gasteiger partial charge >= 0.3 is 0 Å². The smallest absolute Gasteiger partial charge is 0.223 e. The van der Waals surface area contributed by atoms with Crippen molar-refractivity contribution in [1.29, 1.82) is 0 Å². The van der Waals surface area contributed by atoms with E-state index in [9.17, 15) is 0 Å². The summed E-state index contributed by atoms with van der Waals surface area (Å²) >= 11 is 4.93. The second kappa shape index (κ2) is 4.76. The van der Waals surface area contributed by atoms with Crippen LogP contribution in [-0.4, -0.2) is 23.4 Å². The number of fused-ring (bicyclic) bond motifs is 1. The lowest BCUT2D eigenvalue weighted by atomic mass is 10.2. The lowest BCUT2D eigenvalue weighted by Gasteiger charge is -1.93. The Morgan fingerprint density at radius 3 is 3.06 bits per heavy atom. The van der Waals surface area contributed by atoms with Crippen LogP contribution in [0.1, 0.15) is 5.56 Å². The SMILES string of the molecule is CNC(=S)N/[NH+]=C/c1c[nH]c2ccccc12. The molecule has 16 heavy (non-hydrogen) atoms. The van der Waals surface area contributed by atoms with Gasteiger partial charge in [0.25, 0.3) is 0 Å². The molecule has 0 spiro atoms. The Kier molecular flexibility index (Phi) is 3.16. The van der Waals surface area contributed by atoms with Crippen LogP contribution in [0.25, 0.3) is 10.9 Å². The number of H-pyrrole nitrogens is 1. The van der Waals surface area contributed by atoms with Crippen molar-refractivity contribution in [2.45, 2.75) is 0 Å². The number of aromatic nitrogens is 1. The Labute approximate surface area is 98.7 Å². The lowest BCUT2D eigenvalue weighted by molar-refractivity contribution is -0.500. The first-order chi connectivity index (χ1) is 7.81. The molecule has 5 heteroatoms. The summed E-state index contributed by atoms with van der Waals surface area (Å²) in [6.45, 7) is 0. The van der Waals surface area contributed by atoms with Crippen LogP contribution in [0.15, 0.2) is 30.5 Å². The zero-order valence-corrected chi connectivity index (χ0v) is 9.69. The van der Waals surface area contributed by atoms with Crippen molar-refractivity contribution in [3.05, 3.63) is 36.0 Å². The standard InChI is InChI=1S/C11H12N4S/c1-12-11(16)15-14-7-8-6-13-10-5-3-2-4-9(8)10/h2-7,13H,1H3,(H2,12,15,16)/p+1/b14-7+. The summed E-state index contributed by atoms with van der Waals surface area (Å²) in [6, 6.07) is 8.12. The molecule has 4 nitrogen and oxygen atoms in total. The molecule has 0 amide bonds. The van der Waals surface area contributed by atoms with Crippen LogP contribution in [0.3, 0.4) is 0 Å². The summed E-state index contributed by atoms with van der Waals surface area (Å²) in [6.07, 6.45) is 3.81. The van der Waals surface area contributed by atoms with Crippen LogP contribution < -0.4 is 15.8 Å². The molecule has 0 fully saturated rings. The first-order valence-electron chi connectivity index (χ1n) is 4.94. The number of hydrogen-bond donors (Lipinski definition) is 4. The maximum atomic E-state index is 4.93. The molecule has 0 radical (unpaired) electrons.